The first-order valence-electron chi connectivity index (χ1n) is 7.78. The second-order valence-electron chi connectivity index (χ2n) is 5.60. The second-order valence-corrected chi connectivity index (χ2v) is 6.52. The fourth-order valence-corrected chi connectivity index (χ4v) is 2.61. The van der Waals surface area contributed by atoms with Crippen molar-refractivity contribution in [2.24, 2.45) is 0 Å². The summed E-state index contributed by atoms with van der Waals surface area (Å²) in [5.74, 6) is 0.259. The van der Waals surface area contributed by atoms with Crippen molar-refractivity contribution in [1.82, 2.24) is 15.0 Å². The molecular formula is C19H15BrFN3O2. The molecule has 0 bridgehead atoms. The summed E-state index contributed by atoms with van der Waals surface area (Å²) in [6, 6.07) is 13.4. The summed E-state index contributed by atoms with van der Waals surface area (Å²) >= 11 is 3.40. The Morgan fingerprint density at radius 3 is 2.77 bits per heavy atom. The molecule has 0 aliphatic carbocycles. The molecule has 0 N–H and O–H groups in total. The topological polar surface area (TPSA) is 59.2 Å². The lowest BCUT2D eigenvalue weighted by atomic mass is 10.2. The van der Waals surface area contributed by atoms with E-state index in [9.17, 15) is 9.18 Å². The molecule has 1 aromatic heterocycles. The number of hydrogen-bond donors (Lipinski definition) is 0. The molecule has 0 saturated heterocycles. The Bertz CT molecular complexity index is 938. The molecule has 0 aliphatic heterocycles. The zero-order chi connectivity index (χ0) is 18.5. The SMILES string of the molecule is CN(Cc1nc(-c2cccc(Br)c2)no1)C(=O)/C=C/c1ccc(F)cc1. The number of rotatable bonds is 5. The first-order chi connectivity index (χ1) is 12.5. The van der Waals surface area contributed by atoms with Crippen molar-refractivity contribution in [3.05, 3.63) is 76.4 Å². The average molecular weight is 416 g/mol. The third-order valence-electron chi connectivity index (χ3n) is 3.59. The molecule has 0 aliphatic rings. The number of aromatic nitrogens is 2. The lowest BCUT2D eigenvalue weighted by Crippen LogP contribution is -2.24. The van der Waals surface area contributed by atoms with E-state index in [0.717, 1.165) is 15.6 Å². The first-order valence-corrected chi connectivity index (χ1v) is 8.58. The van der Waals surface area contributed by atoms with Gasteiger partial charge in [-0.2, -0.15) is 4.98 Å². The maximum atomic E-state index is 12.9. The monoisotopic (exact) mass is 415 g/mol. The van der Waals surface area contributed by atoms with E-state index in [4.69, 9.17) is 4.52 Å². The van der Waals surface area contributed by atoms with Gasteiger partial charge in [-0.1, -0.05) is 45.4 Å². The van der Waals surface area contributed by atoms with E-state index < -0.39 is 0 Å². The molecule has 2 aromatic carbocycles. The van der Waals surface area contributed by atoms with Crippen LogP contribution in [-0.4, -0.2) is 28.0 Å². The van der Waals surface area contributed by atoms with Gasteiger partial charge in [-0.05, 0) is 35.9 Å². The molecule has 7 heteroatoms. The average Bonchev–Trinajstić information content (AvgIpc) is 3.09. The molecule has 3 rings (SSSR count). The highest BCUT2D eigenvalue weighted by atomic mass is 79.9. The summed E-state index contributed by atoms with van der Waals surface area (Å²) in [6.45, 7) is 0.188. The number of benzene rings is 2. The lowest BCUT2D eigenvalue weighted by Gasteiger charge is -2.11. The quantitative estimate of drug-likeness (QED) is 0.582. The Labute approximate surface area is 158 Å². The molecule has 132 valence electrons. The number of carbonyl (C=O) groups is 1. The van der Waals surface area contributed by atoms with E-state index in [1.54, 1.807) is 25.3 Å². The van der Waals surface area contributed by atoms with Crippen LogP contribution in [0.5, 0.6) is 0 Å². The summed E-state index contributed by atoms with van der Waals surface area (Å²) in [7, 11) is 1.64. The van der Waals surface area contributed by atoms with Gasteiger partial charge in [0.2, 0.25) is 17.6 Å². The van der Waals surface area contributed by atoms with Crippen molar-refractivity contribution in [2.45, 2.75) is 6.54 Å². The Hall–Kier alpha value is -2.80. The Morgan fingerprint density at radius 1 is 1.27 bits per heavy atom. The molecule has 26 heavy (non-hydrogen) atoms. The van der Waals surface area contributed by atoms with Crippen LogP contribution in [0.25, 0.3) is 17.5 Å². The highest BCUT2D eigenvalue weighted by Crippen LogP contribution is 2.20. The van der Waals surface area contributed by atoms with Crippen LogP contribution in [0, 0.1) is 5.82 Å². The number of likely N-dealkylation sites (N-methyl/N-ethyl adjacent to an activating group) is 1. The van der Waals surface area contributed by atoms with E-state index in [-0.39, 0.29) is 18.3 Å². The maximum absolute atomic E-state index is 12.9. The van der Waals surface area contributed by atoms with Crippen LogP contribution in [-0.2, 0) is 11.3 Å². The van der Waals surface area contributed by atoms with Crippen molar-refractivity contribution in [1.29, 1.82) is 0 Å². The second kappa shape index (κ2) is 8.05. The van der Waals surface area contributed by atoms with Crippen molar-refractivity contribution in [3.8, 4) is 11.4 Å². The predicted molar refractivity (Wildman–Crippen MR) is 99.3 cm³/mol. The van der Waals surface area contributed by atoms with E-state index in [2.05, 4.69) is 26.1 Å². The van der Waals surface area contributed by atoms with Crippen molar-refractivity contribution >= 4 is 27.9 Å². The van der Waals surface area contributed by atoms with Crippen LogP contribution in [0.1, 0.15) is 11.5 Å². The molecular weight excluding hydrogens is 401 g/mol. The van der Waals surface area contributed by atoms with Crippen LogP contribution in [0.15, 0.2) is 63.6 Å². The largest absolute Gasteiger partial charge is 0.337 e. The Kier molecular flexibility index (Phi) is 5.58. The highest BCUT2D eigenvalue weighted by molar-refractivity contribution is 9.10. The minimum Gasteiger partial charge on any atom is -0.337 e. The molecule has 0 atom stereocenters. The molecule has 0 saturated carbocycles. The van der Waals surface area contributed by atoms with Gasteiger partial charge in [-0.15, -0.1) is 0 Å². The van der Waals surface area contributed by atoms with Gasteiger partial charge in [0, 0.05) is 23.2 Å². The molecule has 1 heterocycles. The van der Waals surface area contributed by atoms with Crippen molar-refractivity contribution in [3.63, 3.8) is 0 Å². The highest BCUT2D eigenvalue weighted by Gasteiger charge is 2.13. The van der Waals surface area contributed by atoms with Crippen LogP contribution in [0.2, 0.25) is 0 Å². The van der Waals surface area contributed by atoms with Crippen LogP contribution < -0.4 is 0 Å². The fraction of sp³-hybridized carbons (Fsp3) is 0.105. The van der Waals surface area contributed by atoms with Crippen molar-refractivity contribution < 1.29 is 13.7 Å². The molecule has 3 aromatic rings. The number of amides is 1. The lowest BCUT2D eigenvalue weighted by molar-refractivity contribution is -0.125. The third-order valence-corrected chi connectivity index (χ3v) is 4.08. The van der Waals surface area contributed by atoms with Gasteiger partial charge >= 0.3 is 0 Å². The zero-order valence-corrected chi connectivity index (χ0v) is 15.5. The summed E-state index contributed by atoms with van der Waals surface area (Å²) < 4.78 is 19.0. The smallest absolute Gasteiger partial charge is 0.246 e. The van der Waals surface area contributed by atoms with Gasteiger partial charge in [0.1, 0.15) is 5.82 Å². The fourth-order valence-electron chi connectivity index (χ4n) is 2.21. The maximum Gasteiger partial charge on any atom is 0.246 e. The third kappa shape index (κ3) is 4.64. The van der Waals surface area contributed by atoms with E-state index >= 15 is 0 Å². The Balaban J connectivity index is 1.63. The molecule has 0 fully saturated rings. The summed E-state index contributed by atoms with van der Waals surface area (Å²) in [6.07, 6.45) is 3.04. The van der Waals surface area contributed by atoms with Gasteiger partial charge in [-0.25, -0.2) is 4.39 Å². The summed E-state index contributed by atoms with van der Waals surface area (Å²) in [5.41, 5.74) is 1.56. The van der Waals surface area contributed by atoms with Gasteiger partial charge < -0.3 is 9.42 Å². The van der Waals surface area contributed by atoms with Crippen LogP contribution >= 0.6 is 15.9 Å². The van der Waals surface area contributed by atoms with Gasteiger partial charge in [0.15, 0.2) is 0 Å². The molecule has 1 amide bonds. The number of halogens is 2. The molecule has 0 unspecified atom stereocenters. The molecule has 0 radical (unpaired) electrons. The number of nitrogens with zero attached hydrogens (tertiary/aromatic N) is 3. The Morgan fingerprint density at radius 2 is 2.04 bits per heavy atom. The molecule has 5 nitrogen and oxygen atoms in total. The van der Waals surface area contributed by atoms with Crippen LogP contribution in [0.4, 0.5) is 4.39 Å². The first kappa shape index (κ1) is 18.0. The predicted octanol–water partition coefficient (Wildman–Crippen LogP) is 4.31. The van der Waals surface area contributed by atoms with E-state index in [0.29, 0.717) is 11.7 Å². The summed E-state index contributed by atoms with van der Waals surface area (Å²) in [5, 5.41) is 3.94. The minimum atomic E-state index is -0.316. The van der Waals surface area contributed by atoms with Crippen molar-refractivity contribution in [2.75, 3.05) is 7.05 Å². The number of carbonyl (C=O) groups excluding carboxylic acids is 1. The number of hydrogen-bond acceptors (Lipinski definition) is 4. The molecule has 0 spiro atoms. The minimum absolute atomic E-state index is 0.188. The normalized spacial score (nSPS) is 11.0. The van der Waals surface area contributed by atoms with Gasteiger partial charge in [-0.3, -0.25) is 4.79 Å². The van der Waals surface area contributed by atoms with E-state index in [1.165, 1.54) is 23.1 Å². The van der Waals surface area contributed by atoms with Gasteiger partial charge in [0.05, 0.1) is 6.54 Å². The standard InChI is InChI=1S/C19H15BrFN3O2/c1-24(18(25)10-7-13-5-8-16(21)9-6-13)12-17-22-19(23-26-17)14-3-2-4-15(20)11-14/h2-11H,12H2,1H3/b10-7+. The van der Waals surface area contributed by atoms with Crippen LogP contribution in [0.3, 0.4) is 0 Å². The van der Waals surface area contributed by atoms with E-state index in [1.807, 2.05) is 24.3 Å². The zero-order valence-electron chi connectivity index (χ0n) is 13.9. The summed E-state index contributed by atoms with van der Waals surface area (Å²) in [4.78, 5) is 17.9. The van der Waals surface area contributed by atoms with Gasteiger partial charge in [0.25, 0.3) is 0 Å².